The summed E-state index contributed by atoms with van der Waals surface area (Å²) in [6, 6.07) is 2.69. The molecule has 9 nitrogen and oxygen atoms in total. The number of rotatable bonds is 3. The van der Waals surface area contributed by atoms with Crippen molar-refractivity contribution in [1.82, 2.24) is 0 Å². The van der Waals surface area contributed by atoms with Gasteiger partial charge in [-0.2, -0.15) is 0 Å². The fourth-order valence-electron chi connectivity index (χ4n) is 1.00. The van der Waals surface area contributed by atoms with E-state index in [0.29, 0.717) is 0 Å². The van der Waals surface area contributed by atoms with Gasteiger partial charge in [0.25, 0.3) is 0 Å². The van der Waals surface area contributed by atoms with Crippen molar-refractivity contribution in [1.29, 1.82) is 0 Å². The van der Waals surface area contributed by atoms with Gasteiger partial charge in [-0.05, 0) is 6.07 Å². The van der Waals surface area contributed by atoms with E-state index >= 15 is 0 Å². The second kappa shape index (κ2) is 5.96. The number of nitrogens with zero attached hydrogens (tertiary/aromatic N) is 3. The summed E-state index contributed by atoms with van der Waals surface area (Å²) in [5.74, 6) is 0. The fourth-order valence-corrected chi connectivity index (χ4v) is 1.00. The number of para-hydroxylation sites is 1. The van der Waals surface area contributed by atoms with Gasteiger partial charge in [-0.1, -0.05) is 0 Å². The second-order valence-electron chi connectivity index (χ2n) is 2.42. The number of benzene rings is 1. The molecular weight excluding hydrogens is 249 g/mol. The Morgan fingerprint density at radius 1 is 0.812 bits per heavy atom. The first-order valence-electron chi connectivity index (χ1n) is 3.51. The van der Waals surface area contributed by atoms with Gasteiger partial charge in [0.2, 0.25) is 0 Å². The first-order chi connectivity index (χ1) is 6.95. The third-order valence-electron chi connectivity index (χ3n) is 1.57. The standard InChI is InChI=1S/C6H3N3O6.K.H/c10-7(11)4-2-1-3-5(8(12)13)6(4)9(14)15;;/h1-3H;;. The van der Waals surface area contributed by atoms with Gasteiger partial charge in [0, 0.05) is 12.1 Å². The normalized spacial score (nSPS) is 9.00. The van der Waals surface area contributed by atoms with E-state index < -0.39 is 31.8 Å². The van der Waals surface area contributed by atoms with E-state index in [1.807, 2.05) is 0 Å². The summed E-state index contributed by atoms with van der Waals surface area (Å²) in [7, 11) is 0. The zero-order valence-electron chi connectivity index (χ0n) is 7.02. The van der Waals surface area contributed by atoms with Gasteiger partial charge in [0.15, 0.2) is 0 Å². The zero-order chi connectivity index (χ0) is 11.6. The fraction of sp³-hybridized carbons (Fsp3) is 0. The Labute approximate surface area is 130 Å². The Bertz CT molecular complexity index is 429. The second-order valence-corrected chi connectivity index (χ2v) is 2.42. The minimum absolute atomic E-state index is 0. The molecule has 0 saturated heterocycles. The van der Waals surface area contributed by atoms with E-state index in [2.05, 4.69) is 0 Å². The summed E-state index contributed by atoms with van der Waals surface area (Å²) < 4.78 is 0. The third-order valence-corrected chi connectivity index (χ3v) is 1.57. The Kier molecular flexibility index (Phi) is 5.61. The summed E-state index contributed by atoms with van der Waals surface area (Å²) in [6.07, 6.45) is 0. The molecule has 80 valence electrons. The molecule has 0 unspecified atom stereocenters. The van der Waals surface area contributed by atoms with Gasteiger partial charge >= 0.3 is 68.4 Å². The molecule has 16 heavy (non-hydrogen) atoms. The Balaban J connectivity index is 0.00000225. The van der Waals surface area contributed by atoms with Crippen LogP contribution in [0.5, 0.6) is 0 Å². The quantitative estimate of drug-likeness (QED) is 0.444. The molecule has 0 spiro atoms. The molecule has 0 bridgehead atoms. The molecule has 0 amide bonds. The molecular formula is C6H4KN3O6. The summed E-state index contributed by atoms with van der Waals surface area (Å²) in [5.41, 5.74) is -2.89. The van der Waals surface area contributed by atoms with Crippen LogP contribution >= 0.6 is 0 Å². The van der Waals surface area contributed by atoms with E-state index in [1.165, 1.54) is 0 Å². The Morgan fingerprint density at radius 3 is 1.44 bits per heavy atom. The summed E-state index contributed by atoms with van der Waals surface area (Å²) in [6.45, 7) is 0. The SMILES string of the molecule is O=[N+]([O-])c1cccc([N+](=O)[O-])c1[N+](=O)[O-].[KH]. The average molecular weight is 253 g/mol. The molecule has 0 aliphatic heterocycles. The van der Waals surface area contributed by atoms with Crippen molar-refractivity contribution in [2.24, 2.45) is 0 Å². The maximum atomic E-state index is 10.4. The predicted molar refractivity (Wildman–Crippen MR) is 53.6 cm³/mol. The van der Waals surface area contributed by atoms with Gasteiger partial charge in [0.05, 0.1) is 14.8 Å². The van der Waals surface area contributed by atoms with E-state index in [9.17, 15) is 30.3 Å². The van der Waals surface area contributed by atoms with Crippen molar-refractivity contribution in [3.8, 4) is 0 Å². The number of hydrogen-bond donors (Lipinski definition) is 0. The molecule has 0 saturated carbocycles. The van der Waals surface area contributed by atoms with Crippen LogP contribution in [-0.4, -0.2) is 66.2 Å². The molecule has 0 fully saturated rings. The van der Waals surface area contributed by atoms with E-state index in [1.54, 1.807) is 0 Å². The van der Waals surface area contributed by atoms with Crippen LogP contribution in [0, 0.1) is 30.3 Å². The van der Waals surface area contributed by atoms with Crippen LogP contribution in [-0.2, 0) is 0 Å². The van der Waals surface area contributed by atoms with Crippen LogP contribution in [0.3, 0.4) is 0 Å². The summed E-state index contributed by atoms with van der Waals surface area (Å²) >= 11 is 0. The van der Waals surface area contributed by atoms with E-state index in [0.717, 1.165) is 18.2 Å². The molecule has 1 aromatic rings. The number of nitro benzene ring substituents is 3. The van der Waals surface area contributed by atoms with Gasteiger partial charge in [-0.3, -0.25) is 30.3 Å². The van der Waals surface area contributed by atoms with Gasteiger partial charge in [-0.15, -0.1) is 0 Å². The summed E-state index contributed by atoms with van der Waals surface area (Å²) in [5, 5.41) is 31.2. The average Bonchev–Trinajstić information content (AvgIpc) is 2.16. The molecule has 0 aromatic heterocycles. The predicted octanol–water partition coefficient (Wildman–Crippen LogP) is 0.763. The van der Waals surface area contributed by atoms with Gasteiger partial charge < -0.3 is 0 Å². The topological polar surface area (TPSA) is 129 Å². The monoisotopic (exact) mass is 253 g/mol. The van der Waals surface area contributed by atoms with Crippen molar-refractivity contribution in [3.63, 3.8) is 0 Å². The molecule has 0 aliphatic rings. The van der Waals surface area contributed by atoms with E-state index in [-0.39, 0.29) is 51.4 Å². The van der Waals surface area contributed by atoms with Gasteiger partial charge in [0.1, 0.15) is 0 Å². The third kappa shape index (κ3) is 3.02. The Morgan fingerprint density at radius 2 is 1.19 bits per heavy atom. The summed E-state index contributed by atoms with van der Waals surface area (Å²) in [4.78, 5) is 28.0. The van der Waals surface area contributed by atoms with Crippen molar-refractivity contribution in [2.75, 3.05) is 0 Å². The maximum absolute atomic E-state index is 10.4. The number of hydrogen-bond acceptors (Lipinski definition) is 6. The zero-order valence-corrected chi connectivity index (χ0v) is 7.02. The van der Waals surface area contributed by atoms with Crippen molar-refractivity contribution in [3.05, 3.63) is 48.5 Å². The van der Waals surface area contributed by atoms with Crippen LogP contribution < -0.4 is 0 Å². The van der Waals surface area contributed by atoms with Crippen LogP contribution in [0.25, 0.3) is 0 Å². The molecule has 1 aromatic carbocycles. The van der Waals surface area contributed by atoms with Crippen LogP contribution in [0.2, 0.25) is 0 Å². The molecule has 0 radical (unpaired) electrons. The van der Waals surface area contributed by atoms with Crippen LogP contribution in [0.1, 0.15) is 0 Å². The van der Waals surface area contributed by atoms with Crippen molar-refractivity contribution >= 4 is 68.4 Å². The molecule has 0 heterocycles. The molecule has 0 N–H and O–H groups in total. The molecule has 0 atom stereocenters. The molecule has 10 heteroatoms. The molecule has 0 aliphatic carbocycles. The van der Waals surface area contributed by atoms with Gasteiger partial charge in [-0.25, -0.2) is 0 Å². The van der Waals surface area contributed by atoms with Crippen LogP contribution in [0.15, 0.2) is 18.2 Å². The van der Waals surface area contributed by atoms with Crippen LogP contribution in [0.4, 0.5) is 17.1 Å². The minimum atomic E-state index is -1.14. The molecule has 1 rings (SSSR count). The van der Waals surface area contributed by atoms with Crippen molar-refractivity contribution in [2.45, 2.75) is 0 Å². The first-order valence-corrected chi connectivity index (χ1v) is 3.51. The first kappa shape index (κ1) is 15.1. The van der Waals surface area contributed by atoms with Crippen molar-refractivity contribution < 1.29 is 14.8 Å². The Hall–Kier alpha value is -0.944. The van der Waals surface area contributed by atoms with E-state index in [4.69, 9.17) is 0 Å². The number of nitro groups is 3.